The highest BCUT2D eigenvalue weighted by Crippen LogP contribution is 2.39. The largest absolute Gasteiger partial charge is 0.392 e. The molecule has 0 unspecified atom stereocenters. The third-order valence-corrected chi connectivity index (χ3v) is 8.43. The summed E-state index contributed by atoms with van der Waals surface area (Å²) < 4.78 is 11.0. The number of hydrogen-bond donors (Lipinski definition) is 2. The van der Waals surface area contributed by atoms with Crippen LogP contribution >= 0.6 is 34.8 Å². The Morgan fingerprint density at radius 1 is 0.923 bits per heavy atom. The number of anilines is 1. The molecule has 0 saturated carbocycles. The molecule has 0 aromatic heterocycles. The summed E-state index contributed by atoms with van der Waals surface area (Å²) >= 11 is 17.0. The van der Waals surface area contributed by atoms with E-state index >= 15 is 0 Å². The van der Waals surface area contributed by atoms with Crippen molar-refractivity contribution in [3.8, 4) is 0 Å². The average molecular weight is 597 g/mol. The molecule has 3 aliphatic rings. The van der Waals surface area contributed by atoms with E-state index in [9.17, 15) is 9.90 Å². The van der Waals surface area contributed by atoms with Crippen LogP contribution in [-0.2, 0) is 20.9 Å². The van der Waals surface area contributed by atoms with E-state index < -0.39 is 16.0 Å². The molecule has 2 N–H and O–H groups in total. The molecule has 0 radical (unpaired) electrons. The van der Waals surface area contributed by atoms with Crippen molar-refractivity contribution < 1.29 is 19.4 Å². The molecule has 3 heterocycles. The molecular formula is C29H36Cl3N3O4. The second kappa shape index (κ2) is 13.0. The van der Waals surface area contributed by atoms with Crippen LogP contribution in [-0.4, -0.2) is 69.5 Å². The number of benzene rings is 2. The highest BCUT2D eigenvalue weighted by atomic mass is 35.6. The smallest absolute Gasteiger partial charge is 0.276 e. The predicted molar refractivity (Wildman–Crippen MR) is 154 cm³/mol. The third-order valence-electron chi connectivity index (χ3n) is 7.92. The summed E-state index contributed by atoms with van der Waals surface area (Å²) in [5.74, 6) is -0.717. The Kier molecular flexibility index (Phi) is 9.73. The minimum Gasteiger partial charge on any atom is -0.392 e. The Morgan fingerprint density at radius 2 is 1.62 bits per heavy atom. The van der Waals surface area contributed by atoms with Crippen molar-refractivity contribution in [2.45, 2.75) is 67.0 Å². The second-order valence-electron chi connectivity index (χ2n) is 10.7. The Bertz CT molecular complexity index is 1090. The molecule has 1 amide bonds. The minimum absolute atomic E-state index is 0.00538. The summed E-state index contributed by atoms with van der Waals surface area (Å²) in [6, 6.07) is 15.7. The van der Waals surface area contributed by atoms with Crippen LogP contribution in [0, 0.1) is 0 Å². The number of alkyl halides is 3. The van der Waals surface area contributed by atoms with Crippen LogP contribution in [0.15, 0.2) is 48.5 Å². The molecule has 3 aliphatic heterocycles. The van der Waals surface area contributed by atoms with Crippen LogP contribution in [0.2, 0.25) is 0 Å². The van der Waals surface area contributed by atoms with Gasteiger partial charge in [0, 0.05) is 36.8 Å². The van der Waals surface area contributed by atoms with E-state index in [2.05, 4.69) is 15.1 Å². The van der Waals surface area contributed by atoms with Gasteiger partial charge in [-0.2, -0.15) is 0 Å². The lowest BCUT2D eigenvalue weighted by molar-refractivity contribution is -0.253. The highest BCUT2D eigenvalue weighted by Gasteiger charge is 2.36. The molecule has 0 spiro atoms. The number of aliphatic hydroxyl groups excluding tert-OH is 1. The molecule has 4 atom stereocenters. The molecule has 0 aliphatic carbocycles. The summed E-state index contributed by atoms with van der Waals surface area (Å²) in [6.45, 7) is 5.53. The van der Waals surface area contributed by atoms with Gasteiger partial charge in [0.05, 0.1) is 18.8 Å². The van der Waals surface area contributed by atoms with E-state index in [4.69, 9.17) is 44.3 Å². The monoisotopic (exact) mass is 595 g/mol. The first-order valence-corrected chi connectivity index (χ1v) is 14.9. The number of amides is 1. The second-order valence-corrected chi connectivity index (χ2v) is 13.0. The SMILES string of the molecule is O=C(Nc1ccc([C@H]2O[C@@H](CN3CCC[C@H]3CN3CCCC3)C[C@@H](c3ccc(CO)cc3)O2)cc1)C(Cl)(Cl)Cl. The number of ether oxygens (including phenoxy) is 2. The highest BCUT2D eigenvalue weighted by molar-refractivity contribution is 6.76. The summed E-state index contributed by atoms with van der Waals surface area (Å²) in [5, 5.41) is 12.1. The molecule has 212 valence electrons. The molecular weight excluding hydrogens is 561 g/mol. The summed E-state index contributed by atoms with van der Waals surface area (Å²) in [6.07, 6.45) is 5.10. The lowest BCUT2D eigenvalue weighted by Crippen LogP contribution is -2.45. The first-order chi connectivity index (χ1) is 18.8. The number of carbonyl (C=O) groups is 1. The van der Waals surface area contributed by atoms with Crippen molar-refractivity contribution >= 4 is 46.4 Å². The Balaban J connectivity index is 1.31. The summed E-state index contributed by atoms with van der Waals surface area (Å²) in [4.78, 5) is 17.2. The van der Waals surface area contributed by atoms with E-state index in [0.717, 1.165) is 42.7 Å². The zero-order chi connectivity index (χ0) is 27.4. The maximum absolute atomic E-state index is 12.0. The average Bonchev–Trinajstić information content (AvgIpc) is 3.61. The van der Waals surface area contributed by atoms with Crippen LogP contribution in [0.4, 0.5) is 5.69 Å². The molecule has 39 heavy (non-hydrogen) atoms. The lowest BCUT2D eigenvalue weighted by Gasteiger charge is -2.39. The van der Waals surface area contributed by atoms with Crippen molar-refractivity contribution in [2.75, 3.05) is 38.0 Å². The van der Waals surface area contributed by atoms with Crippen LogP contribution in [0.25, 0.3) is 0 Å². The van der Waals surface area contributed by atoms with Gasteiger partial charge in [0.15, 0.2) is 6.29 Å². The number of aliphatic hydroxyl groups is 1. The van der Waals surface area contributed by atoms with E-state index in [1.807, 2.05) is 36.4 Å². The van der Waals surface area contributed by atoms with Crippen LogP contribution < -0.4 is 5.32 Å². The number of nitrogens with zero attached hydrogens (tertiary/aromatic N) is 2. The number of halogens is 3. The first kappa shape index (κ1) is 29.1. The van der Waals surface area contributed by atoms with E-state index in [1.165, 1.54) is 38.8 Å². The number of hydrogen-bond acceptors (Lipinski definition) is 6. The fourth-order valence-corrected chi connectivity index (χ4v) is 5.97. The van der Waals surface area contributed by atoms with Crippen molar-refractivity contribution in [1.29, 1.82) is 0 Å². The fourth-order valence-electron chi connectivity index (χ4n) is 5.83. The third kappa shape index (κ3) is 7.66. The van der Waals surface area contributed by atoms with Crippen molar-refractivity contribution in [3.63, 3.8) is 0 Å². The first-order valence-electron chi connectivity index (χ1n) is 13.7. The zero-order valence-electron chi connectivity index (χ0n) is 21.9. The standard InChI is InChI=1S/C29H36Cl3N3O4/c30-29(31,32)28(37)33-23-11-9-22(10-12-23)27-38-25(16-26(39-27)21-7-5-20(19-36)6-8-21)18-35-15-3-4-24(35)17-34-13-1-2-14-34/h5-12,24-27,36H,1-4,13-19H2,(H,33,37)/t24-,25+,26-,27-/m0/s1. The molecule has 5 rings (SSSR count). The fraction of sp³-hybridized carbons (Fsp3) is 0.552. The predicted octanol–water partition coefficient (Wildman–Crippen LogP) is 5.59. The lowest BCUT2D eigenvalue weighted by atomic mass is 9.99. The number of nitrogens with one attached hydrogen (secondary N) is 1. The zero-order valence-corrected chi connectivity index (χ0v) is 24.2. The molecule has 7 nitrogen and oxygen atoms in total. The molecule has 3 saturated heterocycles. The summed E-state index contributed by atoms with van der Waals surface area (Å²) in [7, 11) is 0. The molecule has 2 aromatic carbocycles. The van der Waals surface area contributed by atoms with Gasteiger partial charge < -0.3 is 24.8 Å². The van der Waals surface area contributed by atoms with Crippen molar-refractivity contribution in [2.24, 2.45) is 0 Å². The van der Waals surface area contributed by atoms with Gasteiger partial charge in [0.2, 0.25) is 0 Å². The molecule has 3 fully saturated rings. The van der Waals surface area contributed by atoms with Crippen LogP contribution in [0.5, 0.6) is 0 Å². The van der Waals surface area contributed by atoms with Crippen molar-refractivity contribution in [3.05, 3.63) is 65.2 Å². The number of likely N-dealkylation sites (tertiary alicyclic amines) is 2. The van der Waals surface area contributed by atoms with Crippen molar-refractivity contribution in [1.82, 2.24) is 9.80 Å². The van der Waals surface area contributed by atoms with E-state index in [1.54, 1.807) is 12.1 Å². The quantitative estimate of drug-likeness (QED) is 0.387. The van der Waals surface area contributed by atoms with Gasteiger partial charge in [-0.25, -0.2) is 0 Å². The Morgan fingerprint density at radius 3 is 2.28 bits per heavy atom. The number of carbonyl (C=O) groups excluding carboxylic acids is 1. The van der Waals surface area contributed by atoms with Gasteiger partial charge in [-0.15, -0.1) is 0 Å². The van der Waals surface area contributed by atoms with Gasteiger partial charge >= 0.3 is 0 Å². The van der Waals surface area contributed by atoms with Gasteiger partial charge in [0.1, 0.15) is 0 Å². The molecule has 10 heteroatoms. The van der Waals surface area contributed by atoms with Gasteiger partial charge in [-0.05, 0) is 68.6 Å². The Hall–Kier alpha value is -1.42. The van der Waals surface area contributed by atoms with E-state index in [-0.39, 0.29) is 18.8 Å². The van der Waals surface area contributed by atoms with Crippen LogP contribution in [0.3, 0.4) is 0 Å². The van der Waals surface area contributed by atoms with Gasteiger partial charge in [-0.1, -0.05) is 71.2 Å². The molecule has 0 bridgehead atoms. The minimum atomic E-state index is -2.04. The van der Waals surface area contributed by atoms with Gasteiger partial charge in [-0.3, -0.25) is 9.69 Å². The Labute approximate surface area is 245 Å². The normalized spacial score (nSPS) is 26.7. The maximum atomic E-state index is 12.0. The van der Waals surface area contributed by atoms with Crippen LogP contribution in [0.1, 0.15) is 61.2 Å². The van der Waals surface area contributed by atoms with Gasteiger partial charge in [0.25, 0.3) is 9.70 Å². The summed E-state index contributed by atoms with van der Waals surface area (Å²) in [5.41, 5.74) is 3.29. The molecule has 2 aromatic rings. The number of rotatable bonds is 8. The van der Waals surface area contributed by atoms with E-state index in [0.29, 0.717) is 11.7 Å². The topological polar surface area (TPSA) is 74.3 Å². The maximum Gasteiger partial charge on any atom is 0.276 e.